The second kappa shape index (κ2) is 8.12. The summed E-state index contributed by atoms with van der Waals surface area (Å²) in [5.41, 5.74) is 2.55. The first-order valence-electron chi connectivity index (χ1n) is 7.78. The molecule has 0 saturated carbocycles. The summed E-state index contributed by atoms with van der Waals surface area (Å²) in [7, 11) is 1.87. The number of anilines is 1. The molecule has 26 heavy (non-hydrogen) atoms. The second-order valence-electron chi connectivity index (χ2n) is 5.67. The van der Waals surface area contributed by atoms with E-state index in [0.29, 0.717) is 20.9 Å². The summed E-state index contributed by atoms with van der Waals surface area (Å²) in [6.45, 7) is 1.91. The highest BCUT2D eigenvalue weighted by Crippen LogP contribution is 2.24. The number of carbonyl (C=O) groups is 1. The summed E-state index contributed by atoms with van der Waals surface area (Å²) >= 11 is 13.3. The number of aryl methyl sites for hydroxylation is 1. The molecule has 0 fully saturated rings. The third-order valence-corrected chi connectivity index (χ3v) is 5.40. The highest BCUT2D eigenvalue weighted by Gasteiger charge is 2.13. The predicted molar refractivity (Wildman–Crippen MR) is 107 cm³/mol. The maximum absolute atomic E-state index is 12.2. The molecule has 2 aromatic carbocycles. The van der Waals surface area contributed by atoms with Crippen LogP contribution in [0.4, 0.5) is 5.69 Å². The van der Waals surface area contributed by atoms with E-state index in [2.05, 4.69) is 15.5 Å². The molecule has 1 aromatic heterocycles. The summed E-state index contributed by atoms with van der Waals surface area (Å²) in [5, 5.41) is 13.1. The Bertz CT molecular complexity index is 941. The minimum absolute atomic E-state index is 0.133. The van der Waals surface area contributed by atoms with Crippen molar-refractivity contribution in [3.8, 4) is 11.4 Å². The van der Waals surface area contributed by atoms with Gasteiger partial charge in [0, 0.05) is 28.3 Å². The number of nitrogens with one attached hydrogen (secondary N) is 1. The van der Waals surface area contributed by atoms with Gasteiger partial charge in [0.05, 0.1) is 5.75 Å². The van der Waals surface area contributed by atoms with E-state index in [4.69, 9.17) is 23.2 Å². The molecular formula is C18H16Cl2N4OS. The predicted octanol–water partition coefficient (Wildman–Crippen LogP) is 4.83. The Kier molecular flexibility index (Phi) is 5.86. The van der Waals surface area contributed by atoms with Crippen LogP contribution in [0.3, 0.4) is 0 Å². The molecule has 0 aliphatic rings. The maximum Gasteiger partial charge on any atom is 0.234 e. The summed E-state index contributed by atoms with van der Waals surface area (Å²) in [6.07, 6.45) is 0. The van der Waals surface area contributed by atoms with Crippen molar-refractivity contribution in [2.75, 3.05) is 11.1 Å². The van der Waals surface area contributed by atoms with Crippen molar-refractivity contribution in [3.63, 3.8) is 0 Å². The monoisotopic (exact) mass is 406 g/mol. The lowest BCUT2D eigenvalue weighted by Gasteiger charge is -2.07. The number of nitrogens with zero attached hydrogens (tertiary/aromatic N) is 3. The third-order valence-electron chi connectivity index (χ3n) is 3.73. The van der Waals surface area contributed by atoms with Gasteiger partial charge in [0.2, 0.25) is 5.91 Å². The fourth-order valence-corrected chi connectivity index (χ4v) is 3.31. The van der Waals surface area contributed by atoms with Gasteiger partial charge >= 0.3 is 0 Å². The van der Waals surface area contributed by atoms with Gasteiger partial charge in [-0.2, -0.15) is 0 Å². The van der Waals surface area contributed by atoms with E-state index in [9.17, 15) is 4.79 Å². The van der Waals surface area contributed by atoms with Gasteiger partial charge in [-0.1, -0.05) is 41.0 Å². The zero-order chi connectivity index (χ0) is 18.7. The molecule has 0 saturated heterocycles. The molecule has 3 aromatic rings. The SMILES string of the molecule is Cc1ccc(NC(=O)CSc2nnc(-c3ccc(Cl)cc3)n2C)cc1Cl. The molecule has 0 spiro atoms. The number of hydrogen-bond donors (Lipinski definition) is 1. The van der Waals surface area contributed by atoms with Crippen LogP contribution in [0, 0.1) is 6.92 Å². The Hall–Kier alpha value is -2.02. The molecule has 0 radical (unpaired) electrons. The fraction of sp³-hybridized carbons (Fsp3) is 0.167. The van der Waals surface area contributed by atoms with Crippen LogP contribution in [0.5, 0.6) is 0 Å². The second-order valence-corrected chi connectivity index (χ2v) is 7.46. The van der Waals surface area contributed by atoms with Crippen molar-refractivity contribution in [2.45, 2.75) is 12.1 Å². The first-order valence-corrected chi connectivity index (χ1v) is 9.52. The van der Waals surface area contributed by atoms with Gasteiger partial charge in [-0.05, 0) is 48.9 Å². The standard InChI is InChI=1S/C18H16Cl2N4OS/c1-11-3-8-14(9-15(11)20)21-16(25)10-26-18-23-22-17(24(18)2)12-4-6-13(19)7-5-12/h3-9H,10H2,1-2H3,(H,21,25). The van der Waals surface area contributed by atoms with Crippen molar-refractivity contribution < 1.29 is 4.79 Å². The summed E-state index contributed by atoms with van der Waals surface area (Å²) < 4.78 is 1.85. The van der Waals surface area contributed by atoms with Crippen LogP contribution < -0.4 is 5.32 Å². The first kappa shape index (κ1) is 18.8. The average molecular weight is 407 g/mol. The lowest BCUT2D eigenvalue weighted by molar-refractivity contribution is -0.113. The maximum atomic E-state index is 12.2. The molecule has 1 amide bonds. The van der Waals surface area contributed by atoms with Crippen LogP contribution in [0.1, 0.15) is 5.56 Å². The third kappa shape index (κ3) is 4.38. The number of rotatable bonds is 5. The van der Waals surface area contributed by atoms with Gasteiger partial charge in [0.15, 0.2) is 11.0 Å². The Labute approximate surface area is 165 Å². The van der Waals surface area contributed by atoms with E-state index < -0.39 is 0 Å². The van der Waals surface area contributed by atoms with Crippen LogP contribution in [0.25, 0.3) is 11.4 Å². The van der Waals surface area contributed by atoms with E-state index in [1.165, 1.54) is 11.8 Å². The molecule has 1 heterocycles. The smallest absolute Gasteiger partial charge is 0.234 e. The van der Waals surface area contributed by atoms with Crippen molar-refractivity contribution >= 4 is 46.6 Å². The molecule has 0 aliphatic carbocycles. The Morgan fingerprint density at radius 1 is 1.15 bits per heavy atom. The number of carbonyl (C=O) groups excluding carboxylic acids is 1. The van der Waals surface area contributed by atoms with Gasteiger partial charge in [0.1, 0.15) is 0 Å². The van der Waals surface area contributed by atoms with E-state index in [-0.39, 0.29) is 11.7 Å². The van der Waals surface area contributed by atoms with Crippen LogP contribution in [-0.2, 0) is 11.8 Å². The number of hydrogen-bond acceptors (Lipinski definition) is 4. The molecule has 134 valence electrons. The number of benzene rings is 2. The lowest BCUT2D eigenvalue weighted by Crippen LogP contribution is -2.14. The highest BCUT2D eigenvalue weighted by atomic mass is 35.5. The van der Waals surface area contributed by atoms with Crippen molar-refractivity contribution in [1.29, 1.82) is 0 Å². The van der Waals surface area contributed by atoms with Crippen molar-refractivity contribution in [3.05, 3.63) is 58.1 Å². The van der Waals surface area contributed by atoms with Gasteiger partial charge in [-0.25, -0.2) is 0 Å². The topological polar surface area (TPSA) is 59.8 Å². The number of aromatic nitrogens is 3. The van der Waals surface area contributed by atoms with Crippen LogP contribution in [-0.4, -0.2) is 26.4 Å². The molecule has 1 N–H and O–H groups in total. The van der Waals surface area contributed by atoms with Gasteiger partial charge in [-0.15, -0.1) is 10.2 Å². The lowest BCUT2D eigenvalue weighted by atomic mass is 10.2. The quantitative estimate of drug-likeness (QED) is 0.616. The summed E-state index contributed by atoms with van der Waals surface area (Å²) in [5.74, 6) is 0.804. The number of amides is 1. The van der Waals surface area contributed by atoms with Gasteiger partial charge < -0.3 is 9.88 Å². The minimum atomic E-state index is -0.133. The molecule has 8 heteroatoms. The van der Waals surface area contributed by atoms with E-state index in [0.717, 1.165) is 17.0 Å². The average Bonchev–Trinajstić information content (AvgIpc) is 2.98. The Balaban J connectivity index is 1.63. The molecule has 0 atom stereocenters. The van der Waals surface area contributed by atoms with E-state index in [1.807, 2.05) is 42.8 Å². The minimum Gasteiger partial charge on any atom is -0.325 e. The molecule has 0 aliphatic heterocycles. The van der Waals surface area contributed by atoms with Gasteiger partial charge in [0.25, 0.3) is 0 Å². The molecular weight excluding hydrogens is 391 g/mol. The highest BCUT2D eigenvalue weighted by molar-refractivity contribution is 7.99. The summed E-state index contributed by atoms with van der Waals surface area (Å²) in [6, 6.07) is 12.8. The largest absolute Gasteiger partial charge is 0.325 e. The zero-order valence-electron chi connectivity index (χ0n) is 14.2. The Morgan fingerprint density at radius 3 is 2.58 bits per heavy atom. The normalized spacial score (nSPS) is 10.8. The van der Waals surface area contributed by atoms with Crippen molar-refractivity contribution in [1.82, 2.24) is 14.8 Å². The molecule has 5 nitrogen and oxygen atoms in total. The first-order chi connectivity index (χ1) is 12.4. The zero-order valence-corrected chi connectivity index (χ0v) is 16.5. The fourth-order valence-electron chi connectivity index (χ4n) is 2.29. The van der Waals surface area contributed by atoms with Crippen molar-refractivity contribution in [2.24, 2.45) is 7.05 Å². The van der Waals surface area contributed by atoms with E-state index in [1.54, 1.807) is 18.2 Å². The molecule has 0 bridgehead atoms. The number of halogens is 2. The van der Waals surface area contributed by atoms with Crippen LogP contribution in [0.15, 0.2) is 47.6 Å². The molecule has 3 rings (SSSR count). The van der Waals surface area contributed by atoms with Gasteiger partial charge in [-0.3, -0.25) is 4.79 Å². The number of thioether (sulfide) groups is 1. The van der Waals surface area contributed by atoms with Crippen LogP contribution in [0.2, 0.25) is 10.0 Å². The molecule has 0 unspecified atom stereocenters. The van der Waals surface area contributed by atoms with Crippen LogP contribution >= 0.6 is 35.0 Å². The Morgan fingerprint density at radius 2 is 1.88 bits per heavy atom. The van der Waals surface area contributed by atoms with E-state index >= 15 is 0 Å². The summed E-state index contributed by atoms with van der Waals surface area (Å²) in [4.78, 5) is 12.2.